The minimum atomic E-state index is -1.27. The van der Waals surface area contributed by atoms with Gasteiger partial charge in [-0.2, -0.15) is 0 Å². The molecule has 0 bridgehead atoms. The summed E-state index contributed by atoms with van der Waals surface area (Å²) >= 11 is 0. The number of nitrogens with zero attached hydrogens (tertiary/aromatic N) is 1. The largest absolute Gasteiger partial charge is 0.550 e. The van der Waals surface area contributed by atoms with Crippen molar-refractivity contribution in [2.45, 2.75) is 25.7 Å². The first kappa shape index (κ1) is 19.2. The number of hydrogen-bond donors (Lipinski definition) is 2. The predicted molar refractivity (Wildman–Crippen MR) is 85.3 cm³/mol. The number of hydrazine groups is 1. The van der Waals surface area contributed by atoms with E-state index in [2.05, 4.69) is 10.9 Å². The Bertz CT molecular complexity index is 690. The zero-order valence-electron chi connectivity index (χ0n) is 13.8. The summed E-state index contributed by atoms with van der Waals surface area (Å²) in [6.07, 6.45) is 2.24. The first-order chi connectivity index (χ1) is 12.4. The van der Waals surface area contributed by atoms with Gasteiger partial charge in [0.1, 0.15) is 5.75 Å². The van der Waals surface area contributed by atoms with Crippen LogP contribution in [-0.2, 0) is 14.4 Å². The molecule has 2 rings (SSSR count). The number of ether oxygens (including phenoxy) is 1. The minimum Gasteiger partial charge on any atom is -0.550 e. The number of nitro groups is 1. The van der Waals surface area contributed by atoms with Gasteiger partial charge >= 0.3 is 0 Å². The molecule has 1 fully saturated rings. The summed E-state index contributed by atoms with van der Waals surface area (Å²) in [6.45, 7) is -0.424. The summed E-state index contributed by atoms with van der Waals surface area (Å²) in [4.78, 5) is 44.9. The summed E-state index contributed by atoms with van der Waals surface area (Å²) in [7, 11) is 0. The van der Waals surface area contributed by atoms with Crippen LogP contribution in [-0.4, -0.2) is 29.3 Å². The number of carboxylic acid groups (broad SMARTS) is 1. The maximum atomic E-state index is 12.1. The molecule has 0 aromatic heterocycles. The molecule has 10 nitrogen and oxygen atoms in total. The van der Waals surface area contributed by atoms with E-state index >= 15 is 0 Å². The first-order valence-corrected chi connectivity index (χ1v) is 8.05. The Kier molecular flexibility index (Phi) is 6.48. The van der Waals surface area contributed by atoms with E-state index in [4.69, 9.17) is 4.74 Å². The Balaban J connectivity index is 1.78. The van der Waals surface area contributed by atoms with E-state index in [0.717, 1.165) is 12.8 Å². The predicted octanol–water partition coefficient (Wildman–Crippen LogP) is -0.323. The van der Waals surface area contributed by atoms with Crippen molar-refractivity contribution in [2.75, 3.05) is 6.61 Å². The topological polar surface area (TPSA) is 151 Å². The van der Waals surface area contributed by atoms with Gasteiger partial charge in [-0.3, -0.25) is 30.6 Å². The van der Waals surface area contributed by atoms with Crippen LogP contribution in [0.3, 0.4) is 0 Å². The van der Waals surface area contributed by atoms with Crippen molar-refractivity contribution in [3.05, 3.63) is 34.4 Å². The van der Waals surface area contributed by atoms with E-state index in [1.54, 1.807) is 0 Å². The molecule has 0 spiro atoms. The lowest BCUT2D eigenvalue weighted by Crippen LogP contribution is -2.50. The van der Waals surface area contributed by atoms with Gasteiger partial charge in [0.2, 0.25) is 5.91 Å². The standard InChI is InChI=1S/C16H19N3O7/c20-14(9-26-11-7-5-10(6-8-11)19(24)25)17-18-15(21)12-3-1-2-4-13(12)16(22)23/h5-8,12-13H,1-4,9H2,(H,17,20)(H,18,21)(H,22,23)/p-1/t12-,13+/m1/s1. The van der Waals surface area contributed by atoms with Gasteiger partial charge in [-0.15, -0.1) is 0 Å². The van der Waals surface area contributed by atoms with E-state index in [1.165, 1.54) is 24.3 Å². The summed E-state index contributed by atoms with van der Waals surface area (Å²) in [5, 5.41) is 21.6. The molecule has 0 unspecified atom stereocenters. The number of non-ortho nitro benzene ring substituents is 1. The summed E-state index contributed by atoms with van der Waals surface area (Å²) in [5.74, 6) is -3.86. The molecule has 26 heavy (non-hydrogen) atoms. The average Bonchev–Trinajstić information content (AvgIpc) is 2.64. The third-order valence-electron chi connectivity index (χ3n) is 4.15. The van der Waals surface area contributed by atoms with Crippen LogP contribution < -0.4 is 20.7 Å². The molecule has 1 saturated carbocycles. The second-order valence-electron chi connectivity index (χ2n) is 5.89. The summed E-state index contributed by atoms with van der Waals surface area (Å²) < 4.78 is 5.15. The number of nitrogens with one attached hydrogen (secondary N) is 2. The number of amides is 2. The van der Waals surface area contributed by atoms with Gasteiger partial charge in [-0.25, -0.2) is 0 Å². The highest BCUT2D eigenvalue weighted by Gasteiger charge is 2.31. The van der Waals surface area contributed by atoms with Crippen LogP contribution in [0.5, 0.6) is 5.75 Å². The van der Waals surface area contributed by atoms with Gasteiger partial charge < -0.3 is 14.6 Å². The maximum Gasteiger partial charge on any atom is 0.276 e. The monoisotopic (exact) mass is 364 g/mol. The number of hydrogen-bond acceptors (Lipinski definition) is 7. The lowest BCUT2D eigenvalue weighted by molar-refractivity contribution is -0.384. The Hall–Kier alpha value is -3.17. The fraction of sp³-hybridized carbons (Fsp3) is 0.438. The van der Waals surface area contributed by atoms with Crippen molar-refractivity contribution >= 4 is 23.5 Å². The third kappa shape index (κ3) is 5.16. The lowest BCUT2D eigenvalue weighted by Gasteiger charge is -2.31. The Morgan fingerprint density at radius 3 is 2.27 bits per heavy atom. The number of carbonyl (C=O) groups excluding carboxylic acids is 3. The van der Waals surface area contributed by atoms with Gasteiger partial charge in [-0.05, 0) is 25.0 Å². The molecule has 2 N–H and O–H groups in total. The number of nitro benzene ring substituents is 1. The van der Waals surface area contributed by atoms with Gasteiger partial charge in [0, 0.05) is 29.9 Å². The smallest absolute Gasteiger partial charge is 0.276 e. The van der Waals surface area contributed by atoms with E-state index < -0.39 is 41.1 Å². The highest BCUT2D eigenvalue weighted by atomic mass is 16.6. The number of benzene rings is 1. The van der Waals surface area contributed by atoms with Crippen molar-refractivity contribution in [3.63, 3.8) is 0 Å². The Morgan fingerprint density at radius 1 is 1.08 bits per heavy atom. The van der Waals surface area contributed by atoms with Gasteiger partial charge in [0.15, 0.2) is 6.61 Å². The molecule has 0 heterocycles. The van der Waals surface area contributed by atoms with Crippen LogP contribution in [0.25, 0.3) is 0 Å². The van der Waals surface area contributed by atoms with Crippen LogP contribution in [0.15, 0.2) is 24.3 Å². The molecule has 0 saturated heterocycles. The molecule has 1 aliphatic rings. The molecule has 2 amide bonds. The molecule has 2 atom stereocenters. The fourth-order valence-corrected chi connectivity index (χ4v) is 2.80. The molecular weight excluding hydrogens is 346 g/mol. The highest BCUT2D eigenvalue weighted by molar-refractivity contribution is 5.87. The number of carboxylic acids is 1. The zero-order chi connectivity index (χ0) is 19.1. The quantitative estimate of drug-likeness (QED) is 0.518. The highest BCUT2D eigenvalue weighted by Crippen LogP contribution is 2.29. The van der Waals surface area contributed by atoms with Gasteiger partial charge in [0.05, 0.1) is 4.92 Å². The van der Waals surface area contributed by atoms with E-state index in [9.17, 15) is 29.6 Å². The molecule has 1 aromatic carbocycles. The van der Waals surface area contributed by atoms with Crippen molar-refractivity contribution in [1.29, 1.82) is 0 Å². The van der Waals surface area contributed by atoms with E-state index in [-0.39, 0.29) is 11.4 Å². The van der Waals surface area contributed by atoms with Crippen LogP contribution in [0.1, 0.15) is 25.7 Å². The SMILES string of the molecule is O=C(COc1ccc([N+](=O)[O-])cc1)NNC(=O)[C@@H]1CCCC[C@@H]1C(=O)[O-]. The maximum absolute atomic E-state index is 12.1. The van der Waals surface area contributed by atoms with Gasteiger partial charge in [-0.1, -0.05) is 12.8 Å². The van der Waals surface area contributed by atoms with Crippen molar-refractivity contribution < 1.29 is 29.2 Å². The average molecular weight is 364 g/mol. The Morgan fingerprint density at radius 2 is 1.69 bits per heavy atom. The molecule has 0 radical (unpaired) electrons. The third-order valence-corrected chi connectivity index (χ3v) is 4.15. The molecule has 1 aromatic rings. The second-order valence-corrected chi connectivity index (χ2v) is 5.89. The van der Waals surface area contributed by atoms with Crippen LogP contribution in [0, 0.1) is 22.0 Å². The van der Waals surface area contributed by atoms with E-state index in [0.29, 0.717) is 12.8 Å². The summed E-state index contributed by atoms with van der Waals surface area (Å²) in [5.41, 5.74) is 4.25. The zero-order valence-corrected chi connectivity index (χ0v) is 13.8. The Labute approximate surface area is 148 Å². The molecular formula is C16H18N3O7-. The van der Waals surface area contributed by atoms with Crippen molar-refractivity contribution in [2.24, 2.45) is 11.8 Å². The number of rotatable bonds is 6. The second kappa shape index (κ2) is 8.79. The molecule has 10 heteroatoms. The molecule has 0 aliphatic heterocycles. The summed E-state index contributed by atoms with van der Waals surface area (Å²) in [6, 6.07) is 5.16. The van der Waals surface area contributed by atoms with E-state index in [1.807, 2.05) is 0 Å². The molecule has 1 aliphatic carbocycles. The normalized spacial score (nSPS) is 19.2. The molecule has 140 valence electrons. The minimum absolute atomic E-state index is 0.107. The van der Waals surface area contributed by atoms with Crippen molar-refractivity contribution in [1.82, 2.24) is 10.9 Å². The van der Waals surface area contributed by atoms with Gasteiger partial charge in [0.25, 0.3) is 11.6 Å². The van der Waals surface area contributed by atoms with Crippen LogP contribution in [0.2, 0.25) is 0 Å². The number of carbonyl (C=O) groups is 3. The number of aliphatic carboxylic acids is 1. The fourth-order valence-electron chi connectivity index (χ4n) is 2.80. The van der Waals surface area contributed by atoms with Crippen LogP contribution in [0.4, 0.5) is 5.69 Å². The van der Waals surface area contributed by atoms with Crippen molar-refractivity contribution in [3.8, 4) is 5.75 Å². The van der Waals surface area contributed by atoms with Crippen LogP contribution >= 0.6 is 0 Å². The lowest BCUT2D eigenvalue weighted by atomic mass is 9.79. The first-order valence-electron chi connectivity index (χ1n) is 8.05.